The number of rotatable bonds is 0. The van der Waals surface area contributed by atoms with Crippen LogP contribution in [0, 0.1) is 0 Å². The van der Waals surface area contributed by atoms with Gasteiger partial charge in [0.25, 0.3) is 0 Å². The molecule has 0 aromatic carbocycles. The molecule has 0 spiro atoms. The zero-order valence-corrected chi connectivity index (χ0v) is 5.69. The Labute approximate surface area is 50.3 Å². The van der Waals surface area contributed by atoms with Gasteiger partial charge in [0, 0.05) is 0 Å². The van der Waals surface area contributed by atoms with Gasteiger partial charge >= 0.3 is 0 Å². The molecule has 0 atom stereocenters. The molecule has 0 radical (unpaired) electrons. The number of ether oxygens (including phenoxy) is 1. The molecule has 0 saturated heterocycles. The summed E-state index contributed by atoms with van der Waals surface area (Å²) in [6.07, 6.45) is 2.16. The van der Waals surface area contributed by atoms with Crippen LogP contribution in [0.2, 0.25) is 0 Å². The fraction of sp³-hybridized carbons (Fsp3) is 0.714. The summed E-state index contributed by atoms with van der Waals surface area (Å²) in [5.41, 5.74) is 1.35. The van der Waals surface area contributed by atoms with E-state index in [2.05, 4.69) is 26.8 Å². The number of hydrogen-bond acceptors (Lipinski definition) is 1. The molecule has 0 fully saturated rings. The SMILES string of the molecule is CC1=CC(C)(C)OC1. The third-order valence-electron chi connectivity index (χ3n) is 1.27. The highest BCUT2D eigenvalue weighted by atomic mass is 16.5. The molecule has 0 saturated carbocycles. The van der Waals surface area contributed by atoms with Gasteiger partial charge in [-0.1, -0.05) is 6.08 Å². The molecular weight excluding hydrogens is 100 g/mol. The van der Waals surface area contributed by atoms with E-state index < -0.39 is 0 Å². The quantitative estimate of drug-likeness (QED) is 0.434. The molecule has 46 valence electrons. The molecule has 0 aliphatic carbocycles. The lowest BCUT2D eigenvalue weighted by molar-refractivity contribution is 0.0556. The van der Waals surface area contributed by atoms with Gasteiger partial charge in [0.15, 0.2) is 0 Å². The molecule has 1 heteroatoms. The first-order chi connectivity index (χ1) is 3.60. The second-order valence-corrected chi connectivity index (χ2v) is 2.88. The molecule has 1 rings (SSSR count). The summed E-state index contributed by atoms with van der Waals surface area (Å²) in [4.78, 5) is 0. The molecule has 0 bridgehead atoms. The Morgan fingerprint density at radius 1 is 1.62 bits per heavy atom. The summed E-state index contributed by atoms with van der Waals surface area (Å²) in [5, 5.41) is 0. The molecule has 1 aliphatic heterocycles. The fourth-order valence-electron chi connectivity index (χ4n) is 0.977. The van der Waals surface area contributed by atoms with Crippen LogP contribution >= 0.6 is 0 Å². The monoisotopic (exact) mass is 112 g/mol. The zero-order valence-electron chi connectivity index (χ0n) is 5.69. The van der Waals surface area contributed by atoms with Gasteiger partial charge < -0.3 is 4.74 Å². The van der Waals surface area contributed by atoms with Crippen LogP contribution in [0.4, 0.5) is 0 Å². The Morgan fingerprint density at radius 3 is 2.38 bits per heavy atom. The van der Waals surface area contributed by atoms with Crippen molar-refractivity contribution in [1.29, 1.82) is 0 Å². The summed E-state index contributed by atoms with van der Waals surface area (Å²) < 4.78 is 5.36. The maximum absolute atomic E-state index is 5.36. The van der Waals surface area contributed by atoms with Crippen LogP contribution in [0.15, 0.2) is 11.6 Å². The fourth-order valence-corrected chi connectivity index (χ4v) is 0.977. The van der Waals surface area contributed by atoms with E-state index in [1.807, 2.05) is 0 Å². The minimum absolute atomic E-state index is 0.00405. The highest BCUT2D eigenvalue weighted by Gasteiger charge is 2.20. The van der Waals surface area contributed by atoms with Crippen molar-refractivity contribution in [3.05, 3.63) is 11.6 Å². The van der Waals surface area contributed by atoms with Gasteiger partial charge in [0.1, 0.15) is 0 Å². The van der Waals surface area contributed by atoms with Crippen LogP contribution in [0.3, 0.4) is 0 Å². The van der Waals surface area contributed by atoms with Gasteiger partial charge in [-0.25, -0.2) is 0 Å². The van der Waals surface area contributed by atoms with Crippen molar-refractivity contribution < 1.29 is 4.74 Å². The lowest BCUT2D eigenvalue weighted by Gasteiger charge is -2.12. The third kappa shape index (κ3) is 1.10. The minimum Gasteiger partial charge on any atom is -0.367 e. The zero-order chi connectivity index (χ0) is 6.20. The largest absolute Gasteiger partial charge is 0.367 e. The molecule has 0 aromatic rings. The average molecular weight is 112 g/mol. The van der Waals surface area contributed by atoms with Crippen molar-refractivity contribution in [1.82, 2.24) is 0 Å². The van der Waals surface area contributed by atoms with E-state index in [0.717, 1.165) is 6.61 Å². The van der Waals surface area contributed by atoms with Crippen LogP contribution in [0.25, 0.3) is 0 Å². The van der Waals surface area contributed by atoms with Crippen molar-refractivity contribution >= 4 is 0 Å². The molecule has 0 aromatic heterocycles. The first-order valence-corrected chi connectivity index (χ1v) is 2.92. The Balaban J connectivity index is 2.67. The first kappa shape index (κ1) is 5.83. The summed E-state index contributed by atoms with van der Waals surface area (Å²) >= 11 is 0. The maximum Gasteiger partial charge on any atom is 0.0814 e. The van der Waals surface area contributed by atoms with E-state index in [4.69, 9.17) is 4.74 Å². The Kier molecular flexibility index (Phi) is 1.16. The van der Waals surface area contributed by atoms with E-state index in [9.17, 15) is 0 Å². The lowest BCUT2D eigenvalue weighted by Crippen LogP contribution is -2.15. The van der Waals surface area contributed by atoms with Gasteiger partial charge in [-0.05, 0) is 26.3 Å². The summed E-state index contributed by atoms with van der Waals surface area (Å²) in [5.74, 6) is 0. The maximum atomic E-state index is 5.36. The lowest BCUT2D eigenvalue weighted by atomic mass is 10.1. The van der Waals surface area contributed by atoms with Crippen molar-refractivity contribution in [3.63, 3.8) is 0 Å². The number of hydrogen-bond donors (Lipinski definition) is 0. The second-order valence-electron chi connectivity index (χ2n) is 2.88. The first-order valence-electron chi connectivity index (χ1n) is 2.92. The van der Waals surface area contributed by atoms with Crippen molar-refractivity contribution in [2.45, 2.75) is 26.4 Å². The molecule has 1 heterocycles. The molecule has 0 unspecified atom stereocenters. The standard InChI is InChI=1S/C7H12O/c1-6-4-7(2,3)8-5-6/h4H,5H2,1-3H3. The van der Waals surface area contributed by atoms with Crippen LogP contribution < -0.4 is 0 Å². The summed E-state index contributed by atoms with van der Waals surface area (Å²) in [6.45, 7) is 7.05. The van der Waals surface area contributed by atoms with E-state index in [1.54, 1.807) is 0 Å². The van der Waals surface area contributed by atoms with Crippen LogP contribution in [-0.2, 0) is 4.74 Å². The van der Waals surface area contributed by atoms with Gasteiger partial charge in [-0.2, -0.15) is 0 Å². The minimum atomic E-state index is 0.00405. The average Bonchev–Trinajstić information content (AvgIpc) is 1.82. The van der Waals surface area contributed by atoms with Gasteiger partial charge in [-0.3, -0.25) is 0 Å². The van der Waals surface area contributed by atoms with Gasteiger partial charge in [-0.15, -0.1) is 0 Å². The molecule has 1 aliphatic rings. The predicted octanol–water partition coefficient (Wildman–Crippen LogP) is 1.74. The normalized spacial score (nSPS) is 25.6. The van der Waals surface area contributed by atoms with E-state index in [1.165, 1.54) is 5.57 Å². The second kappa shape index (κ2) is 1.59. The van der Waals surface area contributed by atoms with Crippen LogP contribution in [-0.4, -0.2) is 12.2 Å². The molecule has 0 amide bonds. The summed E-state index contributed by atoms with van der Waals surface area (Å²) in [7, 11) is 0. The Morgan fingerprint density at radius 2 is 2.25 bits per heavy atom. The Hall–Kier alpha value is -0.300. The highest BCUT2D eigenvalue weighted by Crippen LogP contribution is 2.20. The van der Waals surface area contributed by atoms with Crippen LogP contribution in [0.5, 0.6) is 0 Å². The van der Waals surface area contributed by atoms with Gasteiger partial charge in [0.2, 0.25) is 0 Å². The van der Waals surface area contributed by atoms with Crippen molar-refractivity contribution in [3.8, 4) is 0 Å². The Bertz CT molecular complexity index is 122. The molecular formula is C7H12O. The molecule has 8 heavy (non-hydrogen) atoms. The third-order valence-corrected chi connectivity index (χ3v) is 1.27. The predicted molar refractivity (Wildman–Crippen MR) is 33.8 cm³/mol. The van der Waals surface area contributed by atoms with E-state index in [-0.39, 0.29) is 5.60 Å². The van der Waals surface area contributed by atoms with Gasteiger partial charge in [0.05, 0.1) is 12.2 Å². The molecule has 0 N–H and O–H groups in total. The molecule has 1 nitrogen and oxygen atoms in total. The van der Waals surface area contributed by atoms with Crippen LogP contribution in [0.1, 0.15) is 20.8 Å². The van der Waals surface area contributed by atoms with Crippen molar-refractivity contribution in [2.75, 3.05) is 6.61 Å². The summed E-state index contributed by atoms with van der Waals surface area (Å²) in [6, 6.07) is 0. The van der Waals surface area contributed by atoms with Crippen molar-refractivity contribution in [2.24, 2.45) is 0 Å². The smallest absolute Gasteiger partial charge is 0.0814 e. The highest BCUT2D eigenvalue weighted by molar-refractivity contribution is 5.12. The van der Waals surface area contributed by atoms with E-state index >= 15 is 0 Å². The van der Waals surface area contributed by atoms with E-state index in [0.29, 0.717) is 0 Å². The topological polar surface area (TPSA) is 9.23 Å².